The largest absolute Gasteiger partial charge is 0.352 e. The maximum Gasteiger partial charge on any atom is 0.270 e. The van der Waals surface area contributed by atoms with Crippen molar-refractivity contribution in [3.05, 3.63) is 46.0 Å². The van der Waals surface area contributed by atoms with Gasteiger partial charge in [-0.25, -0.2) is 0 Å². The van der Waals surface area contributed by atoms with E-state index in [-0.39, 0.29) is 11.6 Å². The Kier molecular flexibility index (Phi) is 3.41. The third kappa shape index (κ3) is 2.94. The van der Waals surface area contributed by atoms with E-state index in [9.17, 15) is 14.9 Å². The summed E-state index contributed by atoms with van der Waals surface area (Å²) in [6.07, 6.45) is 3.78. The summed E-state index contributed by atoms with van der Waals surface area (Å²) in [5.41, 5.74) is 0.782. The number of hydrogen-bond donors (Lipinski definition) is 1. The molecular weight excluding hydrogens is 232 g/mol. The van der Waals surface area contributed by atoms with Gasteiger partial charge in [-0.05, 0) is 30.4 Å². The first-order valence-corrected chi connectivity index (χ1v) is 5.80. The van der Waals surface area contributed by atoms with Crippen molar-refractivity contribution < 1.29 is 9.72 Å². The third-order valence-electron chi connectivity index (χ3n) is 2.90. The van der Waals surface area contributed by atoms with Crippen LogP contribution < -0.4 is 5.32 Å². The van der Waals surface area contributed by atoms with Crippen LogP contribution in [0, 0.1) is 16.0 Å². The fourth-order valence-corrected chi connectivity index (χ4v) is 1.65. The molecule has 1 saturated carbocycles. The van der Waals surface area contributed by atoms with Crippen LogP contribution in [0.25, 0.3) is 6.08 Å². The Labute approximate surface area is 105 Å². The molecule has 1 aliphatic carbocycles. The second-order valence-electron chi connectivity index (χ2n) is 4.43. The summed E-state index contributed by atoms with van der Waals surface area (Å²) < 4.78 is 0. The zero-order valence-electron chi connectivity index (χ0n) is 9.89. The minimum absolute atomic E-state index is 0.0935. The highest BCUT2D eigenvalue weighted by Crippen LogP contribution is 2.27. The Morgan fingerprint density at radius 3 is 2.78 bits per heavy atom. The summed E-state index contributed by atoms with van der Waals surface area (Å²) in [4.78, 5) is 22.1. The van der Waals surface area contributed by atoms with Crippen molar-refractivity contribution in [2.45, 2.75) is 12.8 Å². The van der Waals surface area contributed by atoms with E-state index in [0.717, 1.165) is 12.8 Å². The number of amides is 1. The van der Waals surface area contributed by atoms with Gasteiger partial charge in [-0.3, -0.25) is 14.9 Å². The van der Waals surface area contributed by atoms with Crippen molar-refractivity contribution in [1.82, 2.24) is 5.32 Å². The Balaban J connectivity index is 2.18. The fourth-order valence-electron chi connectivity index (χ4n) is 1.65. The maximum atomic E-state index is 11.9. The lowest BCUT2D eigenvalue weighted by Gasteiger charge is -2.05. The number of nitrogens with zero attached hydrogens (tertiary/aromatic N) is 1. The van der Waals surface area contributed by atoms with Crippen LogP contribution in [0.5, 0.6) is 0 Å². The van der Waals surface area contributed by atoms with Crippen molar-refractivity contribution in [1.29, 1.82) is 0 Å². The molecule has 1 aromatic rings. The van der Waals surface area contributed by atoms with Gasteiger partial charge in [-0.15, -0.1) is 0 Å². The van der Waals surface area contributed by atoms with Crippen LogP contribution in [-0.2, 0) is 0 Å². The molecule has 5 heteroatoms. The van der Waals surface area contributed by atoms with E-state index >= 15 is 0 Å². The summed E-state index contributed by atoms with van der Waals surface area (Å²) in [6.45, 7) is 4.21. The zero-order chi connectivity index (χ0) is 13.1. The number of carbonyl (C=O) groups is 1. The fraction of sp³-hybridized carbons (Fsp3) is 0.308. The van der Waals surface area contributed by atoms with E-state index in [4.69, 9.17) is 0 Å². The molecule has 1 fully saturated rings. The summed E-state index contributed by atoms with van der Waals surface area (Å²) in [7, 11) is 0. The van der Waals surface area contributed by atoms with Gasteiger partial charge in [0.15, 0.2) is 0 Å². The smallest absolute Gasteiger partial charge is 0.270 e. The molecule has 1 amide bonds. The topological polar surface area (TPSA) is 72.2 Å². The predicted molar refractivity (Wildman–Crippen MR) is 68.2 cm³/mol. The quantitative estimate of drug-likeness (QED) is 0.640. The molecule has 0 aliphatic heterocycles. The second-order valence-corrected chi connectivity index (χ2v) is 4.43. The van der Waals surface area contributed by atoms with Gasteiger partial charge in [-0.1, -0.05) is 12.7 Å². The highest BCUT2D eigenvalue weighted by Gasteiger charge is 2.22. The number of nitro benzene ring substituents is 1. The van der Waals surface area contributed by atoms with Gasteiger partial charge >= 0.3 is 0 Å². The normalized spacial score (nSPS) is 14.0. The van der Waals surface area contributed by atoms with E-state index in [1.54, 1.807) is 6.07 Å². The first kappa shape index (κ1) is 12.3. The maximum absolute atomic E-state index is 11.9. The van der Waals surface area contributed by atoms with Crippen LogP contribution in [0.2, 0.25) is 0 Å². The Morgan fingerprint density at radius 1 is 1.50 bits per heavy atom. The molecule has 1 N–H and O–H groups in total. The highest BCUT2D eigenvalue weighted by molar-refractivity contribution is 5.95. The summed E-state index contributed by atoms with van der Waals surface area (Å²) in [5, 5.41) is 13.5. The lowest BCUT2D eigenvalue weighted by atomic mass is 10.1. The van der Waals surface area contributed by atoms with Gasteiger partial charge in [0, 0.05) is 24.2 Å². The summed E-state index contributed by atoms with van der Waals surface area (Å²) >= 11 is 0. The Bertz CT molecular complexity index is 507. The second kappa shape index (κ2) is 5.00. The van der Waals surface area contributed by atoms with Crippen molar-refractivity contribution in [3.63, 3.8) is 0 Å². The van der Waals surface area contributed by atoms with Gasteiger partial charge in [0.2, 0.25) is 0 Å². The molecule has 0 heterocycles. The number of nitrogens with one attached hydrogen (secondary N) is 1. The van der Waals surface area contributed by atoms with Gasteiger partial charge in [0.1, 0.15) is 0 Å². The Hall–Kier alpha value is -2.17. The van der Waals surface area contributed by atoms with Crippen molar-refractivity contribution in [2.75, 3.05) is 6.54 Å². The van der Waals surface area contributed by atoms with E-state index in [1.165, 1.54) is 18.2 Å². The van der Waals surface area contributed by atoms with Gasteiger partial charge in [0.05, 0.1) is 4.92 Å². The van der Waals surface area contributed by atoms with Gasteiger partial charge in [0.25, 0.3) is 11.6 Å². The van der Waals surface area contributed by atoms with E-state index in [1.807, 2.05) is 0 Å². The average molecular weight is 246 g/mol. The highest BCUT2D eigenvalue weighted by atomic mass is 16.6. The van der Waals surface area contributed by atoms with E-state index in [2.05, 4.69) is 11.9 Å². The zero-order valence-corrected chi connectivity index (χ0v) is 9.89. The molecule has 0 radical (unpaired) electrons. The molecule has 18 heavy (non-hydrogen) atoms. The molecule has 94 valence electrons. The number of rotatable bonds is 5. The van der Waals surface area contributed by atoms with Gasteiger partial charge < -0.3 is 5.32 Å². The van der Waals surface area contributed by atoms with E-state index < -0.39 is 4.92 Å². The van der Waals surface area contributed by atoms with Crippen LogP contribution in [0.15, 0.2) is 24.8 Å². The molecule has 1 aromatic carbocycles. The first-order valence-electron chi connectivity index (χ1n) is 5.80. The summed E-state index contributed by atoms with van der Waals surface area (Å²) in [5.74, 6) is 0.306. The lowest BCUT2D eigenvalue weighted by molar-refractivity contribution is -0.384. The van der Waals surface area contributed by atoms with Crippen LogP contribution in [0.3, 0.4) is 0 Å². The molecule has 0 saturated heterocycles. The number of hydrogen-bond acceptors (Lipinski definition) is 3. The number of nitro groups is 1. The number of benzene rings is 1. The lowest BCUT2D eigenvalue weighted by Crippen LogP contribution is -2.25. The monoisotopic (exact) mass is 246 g/mol. The molecule has 0 atom stereocenters. The molecule has 0 unspecified atom stereocenters. The standard InChI is InChI=1S/C13H14N2O3/c1-2-9-5-11(7-12(6-9)15(17)18)13(16)14-8-10-3-4-10/h2,5-7,10H,1,3-4,8H2,(H,14,16). The number of carbonyl (C=O) groups excluding carboxylic acids is 1. The third-order valence-corrected chi connectivity index (χ3v) is 2.90. The van der Waals surface area contributed by atoms with Crippen LogP contribution in [-0.4, -0.2) is 17.4 Å². The molecule has 1 aliphatic rings. The summed E-state index contributed by atoms with van der Waals surface area (Å²) in [6, 6.07) is 4.28. The van der Waals surface area contributed by atoms with Crippen LogP contribution >= 0.6 is 0 Å². The van der Waals surface area contributed by atoms with Gasteiger partial charge in [-0.2, -0.15) is 0 Å². The minimum atomic E-state index is -0.509. The van der Waals surface area contributed by atoms with Crippen molar-refractivity contribution in [3.8, 4) is 0 Å². The minimum Gasteiger partial charge on any atom is -0.352 e. The van der Waals surface area contributed by atoms with Crippen LogP contribution in [0.4, 0.5) is 5.69 Å². The predicted octanol–water partition coefficient (Wildman–Crippen LogP) is 2.38. The van der Waals surface area contributed by atoms with E-state index in [0.29, 0.717) is 23.6 Å². The first-order chi connectivity index (χ1) is 8.60. The van der Waals surface area contributed by atoms with Crippen LogP contribution in [0.1, 0.15) is 28.8 Å². The molecule has 0 bridgehead atoms. The Morgan fingerprint density at radius 2 is 2.22 bits per heavy atom. The molecule has 0 spiro atoms. The average Bonchev–Trinajstić information content (AvgIpc) is 3.19. The van der Waals surface area contributed by atoms with Crippen molar-refractivity contribution in [2.24, 2.45) is 5.92 Å². The number of non-ortho nitro benzene ring substituents is 1. The molecular formula is C13H14N2O3. The SMILES string of the molecule is C=Cc1cc(C(=O)NCC2CC2)cc([N+](=O)[O-])c1. The van der Waals surface area contributed by atoms with Crippen molar-refractivity contribution >= 4 is 17.7 Å². The molecule has 5 nitrogen and oxygen atoms in total. The molecule has 0 aromatic heterocycles. The molecule has 2 rings (SSSR count).